The highest BCUT2D eigenvalue weighted by molar-refractivity contribution is 5.76. The van der Waals surface area contributed by atoms with Crippen molar-refractivity contribution < 1.29 is 56.2 Å². The van der Waals surface area contributed by atoms with E-state index in [0.29, 0.717) is 12.2 Å². The molecular formula is C34H47F3O9. The molecule has 2 bridgehead atoms. The van der Waals surface area contributed by atoms with Gasteiger partial charge in [0.25, 0.3) is 0 Å². The molecule has 3 aliphatic rings. The van der Waals surface area contributed by atoms with Gasteiger partial charge in [0.1, 0.15) is 29.8 Å². The van der Waals surface area contributed by atoms with E-state index in [1.807, 2.05) is 31.2 Å². The molecule has 1 aromatic carbocycles. The minimum atomic E-state index is -5.20. The quantitative estimate of drug-likeness (QED) is 0.182. The van der Waals surface area contributed by atoms with E-state index in [1.54, 1.807) is 53.0 Å². The normalized spacial score (nSPS) is 35.0. The monoisotopic (exact) mass is 656 g/mol. The van der Waals surface area contributed by atoms with Crippen LogP contribution in [0.25, 0.3) is 0 Å². The fraction of sp³-hybridized carbons (Fsp3) is 0.676. The fourth-order valence-electron chi connectivity index (χ4n) is 7.45. The second-order valence-corrected chi connectivity index (χ2v) is 13.5. The van der Waals surface area contributed by atoms with Gasteiger partial charge in [-0.3, -0.25) is 0 Å². The van der Waals surface area contributed by atoms with E-state index in [1.165, 1.54) is 7.11 Å². The summed E-state index contributed by atoms with van der Waals surface area (Å²) in [6.45, 7) is 12.8. The summed E-state index contributed by atoms with van der Waals surface area (Å²) in [5.74, 6) is -4.53. The Morgan fingerprint density at radius 1 is 1.17 bits per heavy atom. The van der Waals surface area contributed by atoms with Gasteiger partial charge in [-0.25, -0.2) is 4.79 Å². The Hall–Kier alpha value is -2.48. The summed E-state index contributed by atoms with van der Waals surface area (Å²) in [7, 11) is 3.02. The molecule has 9 nitrogen and oxygen atoms in total. The number of hydrogen-bond acceptors (Lipinski definition) is 9. The molecule has 46 heavy (non-hydrogen) atoms. The highest BCUT2D eigenvalue weighted by Gasteiger charge is 2.64. The van der Waals surface area contributed by atoms with E-state index in [0.717, 1.165) is 5.56 Å². The molecule has 1 aromatic rings. The lowest BCUT2D eigenvalue weighted by Crippen LogP contribution is -2.56. The Morgan fingerprint density at radius 2 is 1.85 bits per heavy atom. The largest absolute Gasteiger partial charge is 0.497 e. The Balaban J connectivity index is 1.83. The molecule has 2 aliphatic carbocycles. The minimum Gasteiger partial charge on any atom is -0.497 e. The van der Waals surface area contributed by atoms with E-state index >= 15 is 0 Å². The summed E-state index contributed by atoms with van der Waals surface area (Å²) in [5, 5.41) is 12.1. The zero-order valence-corrected chi connectivity index (χ0v) is 27.6. The smallest absolute Gasteiger partial charge is 0.490 e. The Morgan fingerprint density at radius 3 is 2.39 bits per heavy atom. The zero-order chi connectivity index (χ0) is 34.1. The van der Waals surface area contributed by atoms with Crippen LogP contribution >= 0.6 is 0 Å². The number of aliphatic hydroxyl groups is 1. The summed E-state index contributed by atoms with van der Waals surface area (Å²) < 4.78 is 82.1. The molecule has 2 fully saturated rings. The number of carbonyl (C=O) groups excluding carboxylic acids is 1. The van der Waals surface area contributed by atoms with Crippen molar-refractivity contribution in [3.05, 3.63) is 54.6 Å². The van der Waals surface area contributed by atoms with Gasteiger partial charge in [0.05, 0.1) is 32.5 Å². The van der Waals surface area contributed by atoms with Crippen LogP contribution in [-0.2, 0) is 39.8 Å². The molecule has 1 aliphatic heterocycles. The maximum Gasteiger partial charge on any atom is 0.490 e. The summed E-state index contributed by atoms with van der Waals surface area (Å²) in [4.78, 5) is 12.4. The van der Waals surface area contributed by atoms with Crippen LogP contribution in [0.4, 0.5) is 13.2 Å². The topological polar surface area (TPSA) is 102 Å². The number of alkyl halides is 3. The fourth-order valence-corrected chi connectivity index (χ4v) is 7.45. The number of ether oxygens (including phenoxy) is 7. The first-order chi connectivity index (χ1) is 21.5. The van der Waals surface area contributed by atoms with Crippen molar-refractivity contribution >= 4 is 5.97 Å². The van der Waals surface area contributed by atoms with Gasteiger partial charge in [0, 0.05) is 18.4 Å². The third-order valence-electron chi connectivity index (χ3n) is 10.1. The van der Waals surface area contributed by atoms with Crippen LogP contribution in [0.1, 0.15) is 53.0 Å². The highest BCUT2D eigenvalue weighted by Crippen LogP contribution is 2.58. The molecule has 0 aromatic heterocycles. The molecule has 258 valence electrons. The Kier molecular flexibility index (Phi) is 10.7. The number of hydrogen-bond donors (Lipinski definition) is 1. The number of esters is 1. The van der Waals surface area contributed by atoms with Crippen molar-refractivity contribution in [2.45, 2.75) is 95.5 Å². The zero-order valence-electron chi connectivity index (χ0n) is 27.6. The van der Waals surface area contributed by atoms with Crippen molar-refractivity contribution in [2.75, 3.05) is 27.6 Å². The van der Waals surface area contributed by atoms with Gasteiger partial charge in [-0.05, 0) is 62.3 Å². The molecule has 4 rings (SSSR count). The number of aliphatic hydroxyl groups excluding tert-OH is 1. The first-order valence-corrected chi connectivity index (χ1v) is 15.5. The molecule has 1 N–H and O–H groups in total. The number of fused-ring (bicyclic) bond motifs is 2. The highest BCUT2D eigenvalue weighted by atomic mass is 19.4. The molecular weight excluding hydrogens is 609 g/mol. The Labute approximate surface area is 269 Å². The van der Waals surface area contributed by atoms with Gasteiger partial charge in [-0.2, -0.15) is 13.2 Å². The lowest BCUT2D eigenvalue weighted by atomic mass is 9.69. The second-order valence-electron chi connectivity index (χ2n) is 13.5. The maximum absolute atomic E-state index is 13.6. The van der Waals surface area contributed by atoms with Gasteiger partial charge in [-0.15, -0.1) is 6.58 Å². The number of carbonyl (C=O) groups is 1. The number of benzene rings is 1. The SMILES string of the molecule is C=C[C@@H](OCc1ccc(OC)cc1)[C@]1([C@H]2/C=C\[C@]3(OC(=O)C(F)(F)F)CC[C@H]([C@@H](OCOC)[C@@H](O)[C@H]2C)C3(C)C)COC(C)(C)O1. The molecule has 0 unspecified atom stereocenters. The number of rotatable bonds is 11. The van der Waals surface area contributed by atoms with Crippen molar-refractivity contribution in [3.63, 3.8) is 0 Å². The molecule has 0 radical (unpaired) electrons. The lowest BCUT2D eigenvalue weighted by molar-refractivity contribution is -0.221. The summed E-state index contributed by atoms with van der Waals surface area (Å²) in [6.07, 6.45) is -2.78. The van der Waals surface area contributed by atoms with Gasteiger partial charge in [-0.1, -0.05) is 45.1 Å². The molecule has 8 atom stereocenters. The standard InChI is InChI=1S/C34H47F3O9/c1-9-26(42-18-22-10-12-23(41-8)13-11-22)33(19-44-31(5,6)46-33)24-14-16-32(45-29(39)34(35,36)37)17-15-25(30(32,3)4)28(43-20-40-7)27(38)21(24)2/h9-14,16,21,24-28,38H,1,15,17-20H2,2-8H3/b16-14-/t21-,24-,25+,26+,27-,28+,32-,33+/m0/s1. The first kappa shape index (κ1) is 36.4. The predicted molar refractivity (Wildman–Crippen MR) is 162 cm³/mol. The van der Waals surface area contributed by atoms with Crippen LogP contribution < -0.4 is 4.74 Å². The van der Waals surface area contributed by atoms with Gasteiger partial charge in [0.2, 0.25) is 0 Å². The molecule has 12 heteroatoms. The summed E-state index contributed by atoms with van der Waals surface area (Å²) in [6, 6.07) is 7.36. The maximum atomic E-state index is 13.6. The van der Waals surface area contributed by atoms with Crippen molar-refractivity contribution in [2.24, 2.45) is 23.2 Å². The molecule has 1 heterocycles. The van der Waals surface area contributed by atoms with Crippen LogP contribution in [0.2, 0.25) is 0 Å². The molecule has 0 spiro atoms. The van der Waals surface area contributed by atoms with Crippen LogP contribution in [0.15, 0.2) is 49.1 Å². The summed E-state index contributed by atoms with van der Waals surface area (Å²) >= 11 is 0. The molecule has 0 amide bonds. The number of halogens is 3. The van der Waals surface area contributed by atoms with Crippen molar-refractivity contribution in [1.29, 1.82) is 0 Å². The first-order valence-electron chi connectivity index (χ1n) is 15.5. The van der Waals surface area contributed by atoms with Gasteiger partial charge in [0.15, 0.2) is 5.79 Å². The minimum absolute atomic E-state index is 0.0110. The lowest BCUT2D eigenvalue weighted by Gasteiger charge is -2.45. The van der Waals surface area contributed by atoms with E-state index in [9.17, 15) is 23.1 Å². The van der Waals surface area contributed by atoms with Crippen LogP contribution in [0.5, 0.6) is 5.75 Å². The van der Waals surface area contributed by atoms with Gasteiger partial charge < -0.3 is 38.3 Å². The van der Waals surface area contributed by atoms with Crippen molar-refractivity contribution in [1.82, 2.24) is 0 Å². The molecule has 1 saturated heterocycles. The summed E-state index contributed by atoms with van der Waals surface area (Å²) in [5.41, 5.74) is -3.21. The number of methoxy groups -OCH3 is 2. The third-order valence-corrected chi connectivity index (χ3v) is 10.1. The van der Waals surface area contributed by atoms with Crippen LogP contribution in [0, 0.1) is 23.2 Å². The van der Waals surface area contributed by atoms with E-state index in [4.69, 9.17) is 33.2 Å². The van der Waals surface area contributed by atoms with E-state index < -0.39 is 70.6 Å². The van der Waals surface area contributed by atoms with E-state index in [2.05, 4.69) is 6.58 Å². The average Bonchev–Trinajstić information content (AvgIpc) is 3.45. The van der Waals surface area contributed by atoms with E-state index in [-0.39, 0.29) is 26.4 Å². The van der Waals surface area contributed by atoms with Crippen LogP contribution in [0.3, 0.4) is 0 Å². The van der Waals surface area contributed by atoms with Gasteiger partial charge >= 0.3 is 12.1 Å². The second kappa shape index (κ2) is 13.6. The Bertz CT molecular complexity index is 1250. The van der Waals surface area contributed by atoms with Crippen molar-refractivity contribution in [3.8, 4) is 5.75 Å². The van der Waals surface area contributed by atoms with Crippen LogP contribution in [-0.4, -0.2) is 80.2 Å². The third kappa shape index (κ3) is 6.88. The predicted octanol–water partition coefficient (Wildman–Crippen LogP) is 5.74. The molecule has 1 saturated carbocycles. The average molecular weight is 657 g/mol.